The summed E-state index contributed by atoms with van der Waals surface area (Å²) in [4.78, 5) is 11.9. The Morgan fingerprint density at radius 3 is 2.29 bits per heavy atom. The lowest BCUT2D eigenvalue weighted by Crippen LogP contribution is -2.42. The zero-order valence-electron chi connectivity index (χ0n) is 10.1. The molecule has 90 valence electrons. The molecule has 0 unspecified atom stereocenters. The summed E-state index contributed by atoms with van der Waals surface area (Å²) in [6.45, 7) is 5.78. The van der Waals surface area contributed by atoms with Crippen molar-refractivity contribution in [1.29, 1.82) is 5.26 Å². The Morgan fingerprint density at radius 2 is 1.88 bits per heavy atom. The standard InChI is InChI=1S/C13H15IN2O/c1-13(2,3)11(8-15)16-12(17)9-4-6-10(14)7-5-9/h4-7,11H,1-3H3,(H,16,17)/t11-/m1/s1. The molecule has 1 amide bonds. The number of hydrogen-bond donors (Lipinski definition) is 1. The summed E-state index contributed by atoms with van der Waals surface area (Å²) in [5, 5.41) is 11.8. The third-order valence-electron chi connectivity index (χ3n) is 2.38. The van der Waals surface area contributed by atoms with Crippen LogP contribution in [0.15, 0.2) is 24.3 Å². The van der Waals surface area contributed by atoms with Gasteiger partial charge in [0.1, 0.15) is 6.04 Å². The number of amides is 1. The normalized spacial score (nSPS) is 12.6. The first-order chi connectivity index (χ1) is 7.84. The van der Waals surface area contributed by atoms with Gasteiger partial charge in [0.05, 0.1) is 6.07 Å². The largest absolute Gasteiger partial charge is 0.336 e. The number of nitriles is 1. The lowest BCUT2D eigenvalue weighted by molar-refractivity contribution is 0.0922. The van der Waals surface area contributed by atoms with E-state index < -0.39 is 6.04 Å². The van der Waals surface area contributed by atoms with E-state index in [9.17, 15) is 4.79 Å². The van der Waals surface area contributed by atoms with Gasteiger partial charge in [-0.25, -0.2) is 0 Å². The molecule has 0 bridgehead atoms. The molecule has 0 aliphatic carbocycles. The summed E-state index contributed by atoms with van der Waals surface area (Å²) in [6, 6.07) is 8.88. The van der Waals surface area contributed by atoms with E-state index >= 15 is 0 Å². The van der Waals surface area contributed by atoms with Gasteiger partial charge in [0.25, 0.3) is 5.91 Å². The lowest BCUT2D eigenvalue weighted by Gasteiger charge is -2.25. The van der Waals surface area contributed by atoms with Crippen molar-refractivity contribution in [3.05, 3.63) is 33.4 Å². The number of carbonyl (C=O) groups excluding carboxylic acids is 1. The fourth-order valence-corrected chi connectivity index (χ4v) is 1.62. The molecular weight excluding hydrogens is 327 g/mol. The Kier molecular flexibility index (Phi) is 4.52. The number of rotatable bonds is 2. The number of halogens is 1. The number of carbonyl (C=O) groups is 1. The molecule has 0 saturated heterocycles. The van der Waals surface area contributed by atoms with Crippen molar-refractivity contribution in [2.45, 2.75) is 26.8 Å². The molecule has 1 aromatic carbocycles. The van der Waals surface area contributed by atoms with E-state index in [1.807, 2.05) is 32.9 Å². The Morgan fingerprint density at radius 1 is 1.35 bits per heavy atom. The topological polar surface area (TPSA) is 52.9 Å². The van der Waals surface area contributed by atoms with Crippen LogP contribution in [0.5, 0.6) is 0 Å². The van der Waals surface area contributed by atoms with Crippen LogP contribution >= 0.6 is 22.6 Å². The fraction of sp³-hybridized carbons (Fsp3) is 0.385. The minimum absolute atomic E-state index is 0.206. The zero-order chi connectivity index (χ0) is 13.1. The van der Waals surface area contributed by atoms with Gasteiger partial charge in [-0.1, -0.05) is 20.8 Å². The van der Waals surface area contributed by atoms with Gasteiger partial charge in [-0.05, 0) is 52.3 Å². The third kappa shape index (κ3) is 4.00. The molecule has 4 heteroatoms. The molecule has 0 aliphatic rings. The van der Waals surface area contributed by atoms with Crippen molar-refractivity contribution >= 4 is 28.5 Å². The highest BCUT2D eigenvalue weighted by atomic mass is 127. The molecule has 17 heavy (non-hydrogen) atoms. The lowest BCUT2D eigenvalue weighted by atomic mass is 9.87. The van der Waals surface area contributed by atoms with Crippen LogP contribution in [-0.2, 0) is 0 Å². The molecule has 1 rings (SSSR count). The second-order valence-electron chi connectivity index (χ2n) is 4.91. The quantitative estimate of drug-likeness (QED) is 0.840. The average Bonchev–Trinajstić information content (AvgIpc) is 2.24. The van der Waals surface area contributed by atoms with E-state index in [-0.39, 0.29) is 11.3 Å². The van der Waals surface area contributed by atoms with Crippen LogP contribution < -0.4 is 5.32 Å². The Hall–Kier alpha value is -1.09. The summed E-state index contributed by atoms with van der Waals surface area (Å²) in [6.07, 6.45) is 0. The zero-order valence-corrected chi connectivity index (χ0v) is 12.3. The molecule has 0 aromatic heterocycles. The van der Waals surface area contributed by atoms with Crippen LogP contribution in [-0.4, -0.2) is 11.9 Å². The van der Waals surface area contributed by atoms with Crippen LogP contribution in [0.4, 0.5) is 0 Å². The molecule has 1 aromatic rings. The molecule has 0 radical (unpaired) electrons. The van der Waals surface area contributed by atoms with Crippen molar-refractivity contribution in [3.8, 4) is 6.07 Å². The van der Waals surface area contributed by atoms with E-state index in [4.69, 9.17) is 5.26 Å². The molecule has 0 heterocycles. The second-order valence-corrected chi connectivity index (χ2v) is 6.15. The molecule has 0 saturated carbocycles. The van der Waals surface area contributed by atoms with Crippen LogP contribution in [0.1, 0.15) is 31.1 Å². The minimum atomic E-state index is -0.491. The van der Waals surface area contributed by atoms with Crippen LogP contribution in [0, 0.1) is 20.3 Å². The molecule has 1 atom stereocenters. The maximum atomic E-state index is 11.9. The van der Waals surface area contributed by atoms with Gasteiger partial charge in [-0.15, -0.1) is 0 Å². The van der Waals surface area contributed by atoms with Crippen LogP contribution in [0.2, 0.25) is 0 Å². The smallest absolute Gasteiger partial charge is 0.252 e. The van der Waals surface area contributed by atoms with E-state index in [1.165, 1.54) is 0 Å². The highest BCUT2D eigenvalue weighted by Gasteiger charge is 2.26. The summed E-state index contributed by atoms with van der Waals surface area (Å²) in [7, 11) is 0. The predicted octanol–water partition coefficient (Wildman–Crippen LogP) is 2.96. The Labute approximate surface area is 115 Å². The molecule has 1 N–H and O–H groups in total. The van der Waals surface area contributed by atoms with Gasteiger partial charge in [-0.2, -0.15) is 5.26 Å². The van der Waals surface area contributed by atoms with Crippen molar-refractivity contribution in [3.63, 3.8) is 0 Å². The van der Waals surface area contributed by atoms with Crippen molar-refractivity contribution in [1.82, 2.24) is 5.32 Å². The maximum Gasteiger partial charge on any atom is 0.252 e. The Balaban J connectivity index is 2.79. The number of nitrogens with zero attached hydrogens (tertiary/aromatic N) is 1. The number of hydrogen-bond acceptors (Lipinski definition) is 2. The van der Waals surface area contributed by atoms with Gasteiger partial charge in [-0.3, -0.25) is 4.79 Å². The van der Waals surface area contributed by atoms with E-state index in [2.05, 4.69) is 34.0 Å². The maximum absolute atomic E-state index is 11.9. The average molecular weight is 342 g/mol. The minimum Gasteiger partial charge on any atom is -0.336 e. The van der Waals surface area contributed by atoms with Gasteiger partial charge in [0.2, 0.25) is 0 Å². The summed E-state index contributed by atoms with van der Waals surface area (Å²) in [5.41, 5.74) is 0.308. The number of benzene rings is 1. The molecule has 3 nitrogen and oxygen atoms in total. The van der Waals surface area contributed by atoms with E-state index in [0.29, 0.717) is 5.56 Å². The first-order valence-corrected chi connectivity index (χ1v) is 6.38. The van der Waals surface area contributed by atoms with Crippen molar-refractivity contribution in [2.75, 3.05) is 0 Å². The van der Waals surface area contributed by atoms with Crippen molar-refractivity contribution in [2.24, 2.45) is 5.41 Å². The highest BCUT2D eigenvalue weighted by molar-refractivity contribution is 14.1. The monoisotopic (exact) mass is 342 g/mol. The highest BCUT2D eigenvalue weighted by Crippen LogP contribution is 2.19. The first-order valence-electron chi connectivity index (χ1n) is 5.30. The second kappa shape index (κ2) is 5.50. The van der Waals surface area contributed by atoms with E-state index in [0.717, 1.165) is 3.57 Å². The molecule has 0 spiro atoms. The SMILES string of the molecule is CC(C)(C)[C@@H](C#N)NC(=O)c1ccc(I)cc1. The van der Waals surface area contributed by atoms with Gasteiger partial charge in [0, 0.05) is 9.13 Å². The first kappa shape index (κ1) is 14.0. The predicted molar refractivity (Wildman–Crippen MR) is 75.5 cm³/mol. The van der Waals surface area contributed by atoms with Gasteiger partial charge in [0.15, 0.2) is 0 Å². The van der Waals surface area contributed by atoms with Crippen LogP contribution in [0.3, 0.4) is 0 Å². The summed E-state index contributed by atoms with van der Waals surface area (Å²) in [5.74, 6) is -0.206. The summed E-state index contributed by atoms with van der Waals surface area (Å²) < 4.78 is 1.08. The number of nitrogens with one attached hydrogen (secondary N) is 1. The Bertz CT molecular complexity index is 440. The van der Waals surface area contributed by atoms with Crippen molar-refractivity contribution < 1.29 is 4.79 Å². The molecular formula is C13H15IN2O. The fourth-order valence-electron chi connectivity index (χ4n) is 1.26. The van der Waals surface area contributed by atoms with Gasteiger partial charge >= 0.3 is 0 Å². The summed E-state index contributed by atoms with van der Waals surface area (Å²) >= 11 is 2.18. The van der Waals surface area contributed by atoms with Crippen LogP contribution in [0.25, 0.3) is 0 Å². The van der Waals surface area contributed by atoms with Gasteiger partial charge < -0.3 is 5.32 Å². The van der Waals surface area contributed by atoms with E-state index in [1.54, 1.807) is 12.1 Å². The third-order valence-corrected chi connectivity index (χ3v) is 3.10. The molecule has 0 fully saturated rings. The molecule has 0 aliphatic heterocycles.